The van der Waals surface area contributed by atoms with E-state index in [1.807, 2.05) is 4.90 Å². The second-order valence-corrected chi connectivity index (χ2v) is 5.15. The number of carbonyl (C=O) groups excluding carboxylic acids is 1. The van der Waals surface area contributed by atoms with Crippen LogP contribution in [0.25, 0.3) is 0 Å². The molecule has 1 fully saturated rings. The molecule has 3 nitrogen and oxygen atoms in total. The summed E-state index contributed by atoms with van der Waals surface area (Å²) in [7, 11) is 0. The van der Waals surface area contributed by atoms with E-state index < -0.39 is 11.7 Å². The van der Waals surface area contributed by atoms with E-state index in [-0.39, 0.29) is 5.91 Å². The summed E-state index contributed by atoms with van der Waals surface area (Å²) in [6.07, 6.45) is -2.25. The molecule has 0 unspecified atom stereocenters. The SMILES string of the molecule is NC(=O)CC[C@@H]1CCN(c2ccc(C(F)(F)F)cc2)C1. The number of nitrogens with two attached hydrogens (primary N) is 1. The highest BCUT2D eigenvalue weighted by Crippen LogP contribution is 2.32. The molecule has 20 heavy (non-hydrogen) atoms. The van der Waals surface area contributed by atoms with Crippen molar-refractivity contribution < 1.29 is 18.0 Å². The Morgan fingerprint density at radius 2 is 1.95 bits per heavy atom. The average Bonchev–Trinajstić information content (AvgIpc) is 2.84. The van der Waals surface area contributed by atoms with E-state index in [4.69, 9.17) is 5.73 Å². The van der Waals surface area contributed by atoms with Crippen LogP contribution in [0.3, 0.4) is 0 Å². The highest BCUT2D eigenvalue weighted by Gasteiger charge is 2.30. The van der Waals surface area contributed by atoms with E-state index in [1.165, 1.54) is 12.1 Å². The number of hydrogen-bond acceptors (Lipinski definition) is 2. The lowest BCUT2D eigenvalue weighted by Crippen LogP contribution is -2.20. The molecule has 0 aliphatic carbocycles. The molecule has 1 aliphatic rings. The Kier molecular flexibility index (Phi) is 4.20. The van der Waals surface area contributed by atoms with Crippen LogP contribution < -0.4 is 10.6 Å². The zero-order valence-electron chi connectivity index (χ0n) is 11.0. The highest BCUT2D eigenvalue weighted by atomic mass is 19.4. The third-order valence-electron chi connectivity index (χ3n) is 3.64. The second kappa shape index (κ2) is 5.73. The average molecular weight is 286 g/mol. The number of primary amides is 1. The number of alkyl halides is 3. The molecule has 1 aromatic rings. The van der Waals surface area contributed by atoms with Crippen molar-refractivity contribution in [2.75, 3.05) is 18.0 Å². The summed E-state index contributed by atoms with van der Waals surface area (Å²) < 4.78 is 37.4. The molecule has 110 valence electrons. The number of halogens is 3. The van der Waals surface area contributed by atoms with Crippen molar-refractivity contribution in [3.05, 3.63) is 29.8 Å². The Hall–Kier alpha value is -1.72. The smallest absolute Gasteiger partial charge is 0.371 e. The predicted octanol–water partition coefficient (Wildman–Crippen LogP) is 2.80. The Labute approximate surface area is 115 Å². The molecule has 2 rings (SSSR count). The highest BCUT2D eigenvalue weighted by molar-refractivity contribution is 5.73. The van der Waals surface area contributed by atoms with E-state index in [9.17, 15) is 18.0 Å². The van der Waals surface area contributed by atoms with Crippen LogP contribution in [0.4, 0.5) is 18.9 Å². The van der Waals surface area contributed by atoms with Gasteiger partial charge in [-0.1, -0.05) is 0 Å². The first-order valence-corrected chi connectivity index (χ1v) is 6.57. The fourth-order valence-electron chi connectivity index (χ4n) is 2.51. The maximum atomic E-state index is 12.5. The summed E-state index contributed by atoms with van der Waals surface area (Å²) in [4.78, 5) is 12.8. The van der Waals surface area contributed by atoms with Crippen LogP contribution in [-0.2, 0) is 11.0 Å². The number of rotatable bonds is 4. The van der Waals surface area contributed by atoms with Crippen molar-refractivity contribution in [2.24, 2.45) is 11.7 Å². The van der Waals surface area contributed by atoms with Gasteiger partial charge in [-0.25, -0.2) is 0 Å². The lowest BCUT2D eigenvalue weighted by atomic mass is 10.0. The molecule has 0 bridgehead atoms. The molecule has 1 amide bonds. The molecule has 1 atom stereocenters. The van der Waals surface area contributed by atoms with Crippen molar-refractivity contribution in [2.45, 2.75) is 25.4 Å². The summed E-state index contributed by atoms with van der Waals surface area (Å²) in [5.41, 5.74) is 5.27. The topological polar surface area (TPSA) is 46.3 Å². The monoisotopic (exact) mass is 286 g/mol. The van der Waals surface area contributed by atoms with E-state index in [0.717, 1.165) is 43.8 Å². The summed E-state index contributed by atoms with van der Waals surface area (Å²) in [5.74, 6) is 0.0720. The van der Waals surface area contributed by atoms with Gasteiger partial charge in [0.05, 0.1) is 5.56 Å². The van der Waals surface area contributed by atoms with E-state index in [2.05, 4.69) is 0 Å². The minimum Gasteiger partial charge on any atom is -0.371 e. The number of hydrogen-bond donors (Lipinski definition) is 1. The molecular weight excluding hydrogens is 269 g/mol. The van der Waals surface area contributed by atoms with Gasteiger partial charge in [0.25, 0.3) is 0 Å². The van der Waals surface area contributed by atoms with Gasteiger partial charge in [0.2, 0.25) is 5.91 Å². The van der Waals surface area contributed by atoms with E-state index >= 15 is 0 Å². The summed E-state index contributed by atoms with van der Waals surface area (Å²) in [6, 6.07) is 5.21. The van der Waals surface area contributed by atoms with Crippen LogP contribution in [0, 0.1) is 5.92 Å². The zero-order chi connectivity index (χ0) is 14.8. The molecule has 1 aromatic carbocycles. The maximum Gasteiger partial charge on any atom is 0.416 e. The van der Waals surface area contributed by atoms with Crippen LogP contribution >= 0.6 is 0 Å². The van der Waals surface area contributed by atoms with Crippen LogP contribution in [0.15, 0.2) is 24.3 Å². The number of carbonyl (C=O) groups is 1. The van der Waals surface area contributed by atoms with Gasteiger partial charge < -0.3 is 10.6 Å². The van der Waals surface area contributed by atoms with Crippen LogP contribution in [0.5, 0.6) is 0 Å². The first kappa shape index (κ1) is 14.7. The fraction of sp³-hybridized carbons (Fsp3) is 0.500. The van der Waals surface area contributed by atoms with Crippen molar-refractivity contribution in [1.82, 2.24) is 0 Å². The van der Waals surface area contributed by atoms with Gasteiger partial charge >= 0.3 is 6.18 Å². The Balaban J connectivity index is 1.95. The standard InChI is InChI=1S/C14H17F3N2O/c15-14(16,17)11-2-4-12(5-3-11)19-8-7-10(9-19)1-6-13(18)20/h2-5,10H,1,6-9H2,(H2,18,20)/t10-/m1/s1. The normalized spacial score (nSPS) is 19.4. The molecule has 1 heterocycles. The zero-order valence-corrected chi connectivity index (χ0v) is 11.0. The third kappa shape index (κ3) is 3.65. The Bertz CT molecular complexity index is 470. The summed E-state index contributed by atoms with van der Waals surface area (Å²) in [6.45, 7) is 1.56. The third-order valence-corrected chi connectivity index (χ3v) is 3.64. The molecular formula is C14H17F3N2O. The summed E-state index contributed by atoms with van der Waals surface area (Å²) in [5, 5.41) is 0. The first-order chi connectivity index (χ1) is 9.36. The van der Waals surface area contributed by atoms with Crippen molar-refractivity contribution >= 4 is 11.6 Å². The number of benzene rings is 1. The lowest BCUT2D eigenvalue weighted by molar-refractivity contribution is -0.137. The van der Waals surface area contributed by atoms with Crippen LogP contribution in [0.1, 0.15) is 24.8 Å². The van der Waals surface area contributed by atoms with Gasteiger partial charge in [0.1, 0.15) is 0 Å². The number of anilines is 1. The van der Waals surface area contributed by atoms with Gasteiger partial charge in [-0.05, 0) is 43.0 Å². The van der Waals surface area contributed by atoms with E-state index in [0.29, 0.717) is 12.3 Å². The lowest BCUT2D eigenvalue weighted by Gasteiger charge is -2.19. The first-order valence-electron chi connectivity index (χ1n) is 6.57. The quantitative estimate of drug-likeness (QED) is 0.925. The molecule has 0 saturated carbocycles. The summed E-state index contributed by atoms with van der Waals surface area (Å²) >= 11 is 0. The largest absolute Gasteiger partial charge is 0.416 e. The molecule has 0 radical (unpaired) electrons. The van der Waals surface area contributed by atoms with Crippen molar-refractivity contribution in [1.29, 1.82) is 0 Å². The van der Waals surface area contributed by atoms with Gasteiger partial charge in [-0.3, -0.25) is 4.79 Å². The predicted molar refractivity (Wildman–Crippen MR) is 70.2 cm³/mol. The Morgan fingerprint density at radius 3 is 2.50 bits per heavy atom. The van der Waals surface area contributed by atoms with Gasteiger partial charge in [0, 0.05) is 25.2 Å². The molecule has 1 aliphatic heterocycles. The van der Waals surface area contributed by atoms with Gasteiger partial charge in [-0.15, -0.1) is 0 Å². The molecule has 1 saturated heterocycles. The minimum absolute atomic E-state index is 0.307. The van der Waals surface area contributed by atoms with Crippen LogP contribution in [0.2, 0.25) is 0 Å². The van der Waals surface area contributed by atoms with Gasteiger partial charge in [0.15, 0.2) is 0 Å². The van der Waals surface area contributed by atoms with Crippen molar-refractivity contribution in [3.63, 3.8) is 0 Å². The fourth-order valence-corrected chi connectivity index (χ4v) is 2.51. The number of nitrogens with zero attached hydrogens (tertiary/aromatic N) is 1. The molecule has 2 N–H and O–H groups in total. The maximum absolute atomic E-state index is 12.5. The minimum atomic E-state index is -4.30. The Morgan fingerprint density at radius 1 is 1.30 bits per heavy atom. The van der Waals surface area contributed by atoms with Gasteiger partial charge in [-0.2, -0.15) is 13.2 Å². The van der Waals surface area contributed by atoms with Crippen LogP contribution in [-0.4, -0.2) is 19.0 Å². The molecule has 6 heteroatoms. The molecule has 0 spiro atoms. The number of amides is 1. The van der Waals surface area contributed by atoms with E-state index in [1.54, 1.807) is 0 Å². The van der Waals surface area contributed by atoms with Crippen molar-refractivity contribution in [3.8, 4) is 0 Å². The second-order valence-electron chi connectivity index (χ2n) is 5.15. The molecule has 0 aromatic heterocycles.